The number of fused-ring (bicyclic) bond motifs is 1. The van der Waals surface area contributed by atoms with Crippen LogP contribution in [-0.2, 0) is 4.79 Å². The third-order valence-corrected chi connectivity index (χ3v) is 2.06. The van der Waals surface area contributed by atoms with Crippen molar-refractivity contribution in [2.24, 2.45) is 0 Å². The maximum absolute atomic E-state index is 10.5. The van der Waals surface area contributed by atoms with Crippen LogP contribution in [0.4, 0.5) is 0 Å². The number of hydrogen-bond acceptors (Lipinski definition) is 4. The molecule has 1 heterocycles. The van der Waals surface area contributed by atoms with Gasteiger partial charge < -0.3 is 9.84 Å². The van der Waals surface area contributed by atoms with E-state index in [4.69, 9.17) is 9.84 Å². The maximum atomic E-state index is 10.5. The molecule has 0 atom stereocenters. The molecule has 0 saturated heterocycles. The van der Waals surface area contributed by atoms with Crippen molar-refractivity contribution in [2.75, 3.05) is 0 Å². The second-order valence-corrected chi connectivity index (χ2v) is 3.38. The van der Waals surface area contributed by atoms with Gasteiger partial charge in [-0.05, 0) is 19.1 Å². The third kappa shape index (κ3) is 2.57. The van der Waals surface area contributed by atoms with Crippen LogP contribution in [0.1, 0.15) is 6.92 Å². The molecular weight excluding hydrogens is 220 g/mol. The topological polar surface area (TPSA) is 72.3 Å². The van der Waals surface area contributed by atoms with E-state index < -0.39 is 5.97 Å². The van der Waals surface area contributed by atoms with Crippen molar-refractivity contribution in [2.45, 2.75) is 6.92 Å². The van der Waals surface area contributed by atoms with Crippen LogP contribution in [0.2, 0.25) is 0 Å². The molecule has 5 heteroatoms. The summed E-state index contributed by atoms with van der Waals surface area (Å²) in [6.07, 6.45) is 4.15. The van der Waals surface area contributed by atoms with Crippen LogP contribution in [0.25, 0.3) is 11.0 Å². The summed E-state index contributed by atoms with van der Waals surface area (Å²) in [7, 11) is 0. The highest BCUT2D eigenvalue weighted by Gasteiger charge is 2.05. The smallest absolute Gasteiger partial charge is 0.331 e. The zero-order valence-electron chi connectivity index (χ0n) is 9.12. The molecule has 0 bridgehead atoms. The van der Waals surface area contributed by atoms with E-state index in [9.17, 15) is 4.79 Å². The van der Waals surface area contributed by atoms with Gasteiger partial charge in [-0.1, -0.05) is 6.07 Å². The molecule has 5 nitrogen and oxygen atoms in total. The Kier molecular flexibility index (Phi) is 3.00. The highest BCUT2D eigenvalue weighted by atomic mass is 16.5. The maximum Gasteiger partial charge on any atom is 0.331 e. The molecule has 0 aliphatic carbocycles. The molecule has 1 aromatic carbocycles. The quantitative estimate of drug-likeness (QED) is 0.644. The van der Waals surface area contributed by atoms with Gasteiger partial charge in [-0.2, -0.15) is 0 Å². The molecule has 1 N–H and O–H groups in total. The lowest BCUT2D eigenvalue weighted by Gasteiger charge is -2.07. The summed E-state index contributed by atoms with van der Waals surface area (Å²) in [6.45, 7) is 1.57. The summed E-state index contributed by atoms with van der Waals surface area (Å²) in [5.41, 5.74) is 1.31. The molecule has 1 aromatic heterocycles. The first kappa shape index (κ1) is 11.1. The zero-order valence-corrected chi connectivity index (χ0v) is 9.12. The Hall–Kier alpha value is -2.43. The number of rotatable bonds is 3. The average Bonchev–Trinajstić information content (AvgIpc) is 2.28. The first-order valence-electron chi connectivity index (χ1n) is 4.95. The first-order valence-corrected chi connectivity index (χ1v) is 4.95. The number of carbonyl (C=O) groups is 1. The van der Waals surface area contributed by atoms with E-state index in [2.05, 4.69) is 9.97 Å². The largest absolute Gasteiger partial charge is 0.478 e. The van der Waals surface area contributed by atoms with Gasteiger partial charge in [0.1, 0.15) is 11.3 Å². The fourth-order valence-electron chi connectivity index (χ4n) is 1.43. The number of carboxylic acids is 1. The van der Waals surface area contributed by atoms with E-state index in [1.807, 2.05) is 6.07 Å². The van der Waals surface area contributed by atoms with Crippen molar-refractivity contribution >= 4 is 17.0 Å². The lowest BCUT2D eigenvalue weighted by atomic mass is 10.3. The van der Waals surface area contributed by atoms with Crippen molar-refractivity contribution in [3.05, 3.63) is 42.4 Å². The molecular formula is C12H10N2O3. The Morgan fingerprint density at radius 1 is 1.35 bits per heavy atom. The number of aliphatic carboxylic acids is 1. The molecule has 0 aliphatic heterocycles. The van der Waals surface area contributed by atoms with E-state index in [1.165, 1.54) is 0 Å². The lowest BCUT2D eigenvalue weighted by Crippen LogP contribution is -1.97. The van der Waals surface area contributed by atoms with Crippen LogP contribution in [0.3, 0.4) is 0 Å². The number of benzene rings is 1. The van der Waals surface area contributed by atoms with Gasteiger partial charge >= 0.3 is 5.97 Å². The monoisotopic (exact) mass is 230 g/mol. The normalized spacial score (nSPS) is 11.5. The van der Waals surface area contributed by atoms with Gasteiger partial charge in [0, 0.05) is 12.4 Å². The van der Waals surface area contributed by atoms with Crippen molar-refractivity contribution in [3.63, 3.8) is 0 Å². The molecule has 0 amide bonds. The fraction of sp³-hybridized carbons (Fsp3) is 0.0833. The van der Waals surface area contributed by atoms with Crippen LogP contribution in [-0.4, -0.2) is 21.0 Å². The summed E-state index contributed by atoms with van der Waals surface area (Å²) in [5.74, 6) is -0.268. The summed E-state index contributed by atoms with van der Waals surface area (Å²) >= 11 is 0. The molecule has 2 aromatic rings. The van der Waals surface area contributed by atoms with E-state index in [-0.39, 0.29) is 5.76 Å². The van der Waals surface area contributed by atoms with Gasteiger partial charge in [-0.25, -0.2) is 9.78 Å². The molecule has 0 fully saturated rings. The minimum atomic E-state index is -1.05. The van der Waals surface area contributed by atoms with Crippen LogP contribution >= 0.6 is 0 Å². The van der Waals surface area contributed by atoms with Crippen molar-refractivity contribution in [1.29, 1.82) is 0 Å². The molecule has 0 unspecified atom stereocenters. The lowest BCUT2D eigenvalue weighted by molar-refractivity contribution is -0.131. The van der Waals surface area contributed by atoms with Crippen LogP contribution in [0.5, 0.6) is 5.75 Å². The Morgan fingerprint density at radius 3 is 2.88 bits per heavy atom. The number of carboxylic acid groups (broad SMARTS) is 1. The third-order valence-electron chi connectivity index (χ3n) is 2.06. The second kappa shape index (κ2) is 4.61. The number of allylic oxidation sites excluding steroid dienone is 1. The van der Waals surface area contributed by atoms with Gasteiger partial charge in [-0.3, -0.25) is 4.98 Å². The summed E-state index contributed by atoms with van der Waals surface area (Å²) in [4.78, 5) is 18.8. The van der Waals surface area contributed by atoms with Crippen LogP contribution in [0.15, 0.2) is 42.4 Å². The number of aromatic nitrogens is 2. The average molecular weight is 230 g/mol. The second-order valence-electron chi connectivity index (χ2n) is 3.38. The molecule has 86 valence electrons. The molecule has 0 radical (unpaired) electrons. The number of ether oxygens (including phenoxy) is 1. The van der Waals surface area contributed by atoms with Crippen LogP contribution in [0, 0.1) is 0 Å². The fourth-order valence-corrected chi connectivity index (χ4v) is 1.43. The Morgan fingerprint density at radius 2 is 2.12 bits per heavy atom. The van der Waals surface area contributed by atoms with Gasteiger partial charge in [0.15, 0.2) is 5.75 Å². The number of hydrogen-bond donors (Lipinski definition) is 1. The zero-order chi connectivity index (χ0) is 12.3. The minimum absolute atomic E-state index is 0.288. The van der Waals surface area contributed by atoms with E-state index >= 15 is 0 Å². The minimum Gasteiger partial charge on any atom is -0.478 e. The van der Waals surface area contributed by atoms with Crippen molar-refractivity contribution < 1.29 is 14.6 Å². The molecule has 17 heavy (non-hydrogen) atoms. The Balaban J connectivity index is 2.39. The Labute approximate surface area is 97.4 Å². The highest BCUT2D eigenvalue weighted by molar-refractivity contribution is 5.82. The van der Waals surface area contributed by atoms with E-state index in [0.29, 0.717) is 16.8 Å². The highest BCUT2D eigenvalue weighted by Crippen LogP contribution is 2.23. The van der Waals surface area contributed by atoms with E-state index in [0.717, 1.165) is 6.08 Å². The van der Waals surface area contributed by atoms with Gasteiger partial charge in [0.25, 0.3) is 0 Å². The molecule has 2 rings (SSSR count). The van der Waals surface area contributed by atoms with E-state index in [1.54, 1.807) is 31.5 Å². The van der Waals surface area contributed by atoms with Gasteiger partial charge in [0.05, 0.1) is 11.6 Å². The number of nitrogens with zero attached hydrogens (tertiary/aromatic N) is 2. The molecule has 0 saturated carbocycles. The summed E-state index contributed by atoms with van der Waals surface area (Å²) < 4.78 is 5.42. The van der Waals surface area contributed by atoms with Crippen molar-refractivity contribution in [1.82, 2.24) is 9.97 Å². The number of para-hydroxylation sites is 1. The molecule has 0 spiro atoms. The SMILES string of the molecule is C/C(=C\C(=O)O)Oc1cccc2nccnc12. The standard InChI is InChI=1S/C12H10N2O3/c1-8(7-11(15)16)17-10-4-2-3-9-12(10)14-6-5-13-9/h2-7H,1H3,(H,15,16)/b8-7+. The van der Waals surface area contributed by atoms with Gasteiger partial charge in [0.2, 0.25) is 0 Å². The van der Waals surface area contributed by atoms with Gasteiger partial charge in [-0.15, -0.1) is 0 Å². The summed E-state index contributed by atoms with van der Waals surface area (Å²) in [6, 6.07) is 5.31. The molecule has 0 aliphatic rings. The first-order chi connectivity index (χ1) is 8.16. The Bertz CT molecular complexity index is 588. The predicted octanol–water partition coefficient (Wildman–Crippen LogP) is 2.00. The van der Waals surface area contributed by atoms with Crippen LogP contribution < -0.4 is 4.74 Å². The predicted molar refractivity (Wildman–Crippen MR) is 61.6 cm³/mol. The summed E-state index contributed by atoms with van der Waals surface area (Å²) in [5, 5.41) is 8.59. The van der Waals surface area contributed by atoms with Crippen molar-refractivity contribution in [3.8, 4) is 5.75 Å².